The fourth-order valence-corrected chi connectivity index (χ4v) is 4.24. The molecule has 0 aromatic heterocycles. The number of nitrogens with two attached hydrogens (primary N) is 2. The van der Waals surface area contributed by atoms with Gasteiger partial charge in [-0.25, -0.2) is 8.42 Å². The van der Waals surface area contributed by atoms with E-state index < -0.39 is 10.0 Å². The summed E-state index contributed by atoms with van der Waals surface area (Å²) in [5.74, 6) is 0.407. The maximum absolute atomic E-state index is 11.7. The summed E-state index contributed by atoms with van der Waals surface area (Å²) in [4.78, 5) is 0. The Morgan fingerprint density at radius 3 is 2.61 bits per heavy atom. The lowest BCUT2D eigenvalue weighted by molar-refractivity contribution is 0.173. The summed E-state index contributed by atoms with van der Waals surface area (Å²) in [5.41, 5.74) is 13.1. The van der Waals surface area contributed by atoms with Gasteiger partial charge >= 0.3 is 0 Å². The Bertz CT molecular complexity index is 713. The molecule has 3 rings (SSSR count). The number of hydrogen-bond donors (Lipinski definition) is 2. The van der Waals surface area contributed by atoms with Crippen molar-refractivity contribution < 1.29 is 13.2 Å². The predicted molar refractivity (Wildman–Crippen MR) is 92.5 cm³/mol. The van der Waals surface area contributed by atoms with E-state index in [1.54, 1.807) is 18.2 Å². The molecule has 0 atom stereocenters. The van der Waals surface area contributed by atoms with Crippen LogP contribution in [0.25, 0.3) is 0 Å². The highest BCUT2D eigenvalue weighted by atomic mass is 35.5. The molecule has 0 spiro atoms. The molecule has 2 aliphatic rings. The number of nitrogens with zero attached hydrogens (tertiary/aromatic N) is 1. The van der Waals surface area contributed by atoms with E-state index in [0.29, 0.717) is 23.5 Å². The molecule has 0 saturated heterocycles. The second kappa shape index (κ2) is 6.67. The Hall–Kier alpha value is -1.31. The van der Waals surface area contributed by atoms with Crippen molar-refractivity contribution in [1.29, 1.82) is 0 Å². The standard InChI is InChI=1S/C15H21N3O3S.ClH/c16-14-13-11(9-22(19,20)18-14)5-4-6-12(13)21-10-15(17)7-2-1-3-8-15;/h4-6H,1-3,7-10,17H2,(H2,16,18);1H. The van der Waals surface area contributed by atoms with E-state index in [1.165, 1.54) is 6.42 Å². The summed E-state index contributed by atoms with van der Waals surface area (Å²) in [6, 6.07) is 5.29. The lowest BCUT2D eigenvalue weighted by Crippen LogP contribution is -2.47. The van der Waals surface area contributed by atoms with Crippen LogP contribution in [0.15, 0.2) is 22.6 Å². The Labute approximate surface area is 142 Å². The average molecular weight is 360 g/mol. The van der Waals surface area contributed by atoms with Crippen molar-refractivity contribution in [2.45, 2.75) is 43.4 Å². The van der Waals surface area contributed by atoms with Crippen LogP contribution in [0, 0.1) is 0 Å². The molecule has 0 amide bonds. The van der Waals surface area contributed by atoms with E-state index in [-0.39, 0.29) is 29.5 Å². The number of benzene rings is 1. The largest absolute Gasteiger partial charge is 0.491 e. The van der Waals surface area contributed by atoms with Crippen LogP contribution in [0.3, 0.4) is 0 Å². The van der Waals surface area contributed by atoms with Gasteiger partial charge in [0.15, 0.2) is 0 Å². The first kappa shape index (κ1) is 18.0. The summed E-state index contributed by atoms with van der Waals surface area (Å²) in [6.45, 7) is 0.406. The summed E-state index contributed by atoms with van der Waals surface area (Å²) in [5, 5.41) is 0. The lowest BCUT2D eigenvalue weighted by Gasteiger charge is -2.33. The van der Waals surface area contributed by atoms with Crippen LogP contribution >= 0.6 is 12.4 Å². The van der Waals surface area contributed by atoms with E-state index in [4.69, 9.17) is 16.2 Å². The molecule has 6 nitrogen and oxygen atoms in total. The van der Waals surface area contributed by atoms with Gasteiger partial charge in [-0.05, 0) is 24.5 Å². The minimum absolute atomic E-state index is 0. The second-order valence-electron chi connectivity index (χ2n) is 6.20. The Morgan fingerprint density at radius 2 is 1.91 bits per heavy atom. The summed E-state index contributed by atoms with van der Waals surface area (Å²) in [6.07, 6.45) is 5.35. The molecule has 1 heterocycles. The smallest absolute Gasteiger partial charge is 0.259 e. The molecule has 8 heteroatoms. The molecule has 4 N–H and O–H groups in total. The monoisotopic (exact) mass is 359 g/mol. The van der Waals surface area contributed by atoms with Crippen LogP contribution in [0.1, 0.15) is 43.2 Å². The molecule has 0 unspecified atom stereocenters. The van der Waals surface area contributed by atoms with Gasteiger partial charge in [0.1, 0.15) is 18.2 Å². The van der Waals surface area contributed by atoms with E-state index in [0.717, 1.165) is 25.7 Å². The Balaban J connectivity index is 0.00000192. The first-order chi connectivity index (χ1) is 10.4. The van der Waals surface area contributed by atoms with Crippen LogP contribution in [0.5, 0.6) is 5.75 Å². The van der Waals surface area contributed by atoms with Gasteiger partial charge in [0.2, 0.25) is 0 Å². The Kier molecular flexibility index (Phi) is 5.23. The third-order valence-electron chi connectivity index (χ3n) is 4.31. The molecule has 1 aliphatic carbocycles. The van der Waals surface area contributed by atoms with E-state index >= 15 is 0 Å². The van der Waals surface area contributed by atoms with Crippen LogP contribution in [0.2, 0.25) is 0 Å². The van der Waals surface area contributed by atoms with Gasteiger partial charge in [-0.3, -0.25) is 0 Å². The van der Waals surface area contributed by atoms with Crippen molar-refractivity contribution in [1.82, 2.24) is 0 Å². The third-order valence-corrected chi connectivity index (χ3v) is 5.46. The zero-order chi connectivity index (χ0) is 15.8. The summed E-state index contributed by atoms with van der Waals surface area (Å²) < 4.78 is 32.8. The number of hydrogen-bond acceptors (Lipinski definition) is 5. The second-order valence-corrected chi connectivity index (χ2v) is 7.84. The van der Waals surface area contributed by atoms with Gasteiger partial charge < -0.3 is 16.2 Å². The van der Waals surface area contributed by atoms with Crippen LogP contribution in [-0.2, 0) is 15.8 Å². The number of ether oxygens (including phenoxy) is 1. The third kappa shape index (κ3) is 3.97. The van der Waals surface area contributed by atoms with E-state index in [9.17, 15) is 8.42 Å². The molecule has 1 fully saturated rings. The highest BCUT2D eigenvalue weighted by Gasteiger charge is 2.30. The molecule has 0 bridgehead atoms. The van der Waals surface area contributed by atoms with Crippen LogP contribution < -0.4 is 16.2 Å². The van der Waals surface area contributed by atoms with Gasteiger partial charge in [-0.2, -0.15) is 0 Å². The average Bonchev–Trinajstić information content (AvgIpc) is 2.44. The van der Waals surface area contributed by atoms with Crippen molar-refractivity contribution in [3.63, 3.8) is 0 Å². The lowest BCUT2D eigenvalue weighted by atomic mass is 9.83. The highest BCUT2D eigenvalue weighted by molar-refractivity contribution is 7.89. The minimum Gasteiger partial charge on any atom is -0.491 e. The predicted octanol–water partition coefficient (Wildman–Crippen LogP) is 1.70. The highest BCUT2D eigenvalue weighted by Crippen LogP contribution is 2.31. The number of fused-ring (bicyclic) bond motifs is 1. The molecule has 1 saturated carbocycles. The molecule has 23 heavy (non-hydrogen) atoms. The molecular weight excluding hydrogens is 338 g/mol. The molecule has 1 aliphatic heterocycles. The molecule has 1 aromatic carbocycles. The van der Waals surface area contributed by atoms with Crippen molar-refractivity contribution in [2.75, 3.05) is 6.61 Å². The zero-order valence-electron chi connectivity index (χ0n) is 12.8. The fraction of sp³-hybridized carbons (Fsp3) is 0.533. The maximum Gasteiger partial charge on any atom is 0.259 e. The van der Waals surface area contributed by atoms with Crippen molar-refractivity contribution in [3.8, 4) is 5.75 Å². The van der Waals surface area contributed by atoms with Gasteiger partial charge in [-0.15, -0.1) is 16.8 Å². The first-order valence-corrected chi connectivity index (χ1v) is 9.12. The van der Waals surface area contributed by atoms with Gasteiger partial charge in [0.05, 0.1) is 16.9 Å². The zero-order valence-corrected chi connectivity index (χ0v) is 14.5. The maximum atomic E-state index is 11.7. The number of amidine groups is 1. The summed E-state index contributed by atoms with van der Waals surface area (Å²) in [7, 11) is -3.53. The quantitative estimate of drug-likeness (QED) is 0.853. The number of halogens is 1. The minimum atomic E-state index is -3.53. The van der Waals surface area contributed by atoms with Crippen LogP contribution in [0.4, 0.5) is 0 Å². The normalized spacial score (nSPS) is 21.5. The van der Waals surface area contributed by atoms with Crippen molar-refractivity contribution in [2.24, 2.45) is 15.9 Å². The SMILES string of the molecule is Cl.NC1=NS(=O)(=O)Cc2cccc(OCC3(N)CCCCC3)c21. The van der Waals surface area contributed by atoms with Crippen molar-refractivity contribution in [3.05, 3.63) is 29.3 Å². The fourth-order valence-electron chi connectivity index (χ4n) is 3.15. The molecular formula is C15H22ClN3O3S. The topological polar surface area (TPSA) is 108 Å². The van der Waals surface area contributed by atoms with Gasteiger partial charge in [-0.1, -0.05) is 31.4 Å². The van der Waals surface area contributed by atoms with Crippen molar-refractivity contribution >= 4 is 28.3 Å². The molecule has 1 aromatic rings. The van der Waals surface area contributed by atoms with Crippen LogP contribution in [-0.4, -0.2) is 26.4 Å². The first-order valence-electron chi connectivity index (χ1n) is 7.51. The molecule has 0 radical (unpaired) electrons. The van der Waals surface area contributed by atoms with Gasteiger partial charge in [0.25, 0.3) is 10.0 Å². The molecule has 128 valence electrons. The van der Waals surface area contributed by atoms with Gasteiger partial charge in [0, 0.05) is 0 Å². The Morgan fingerprint density at radius 1 is 1.22 bits per heavy atom. The van der Waals surface area contributed by atoms with E-state index in [2.05, 4.69) is 4.40 Å². The number of sulfonamides is 1. The number of rotatable bonds is 3. The van der Waals surface area contributed by atoms with E-state index in [1.807, 2.05) is 0 Å². The summed E-state index contributed by atoms with van der Waals surface area (Å²) >= 11 is 0.